The van der Waals surface area contributed by atoms with Crippen molar-refractivity contribution in [1.82, 2.24) is 15.1 Å². The zero-order valence-electron chi connectivity index (χ0n) is 14.9. The van der Waals surface area contributed by atoms with Crippen molar-refractivity contribution in [3.63, 3.8) is 0 Å². The number of unbranched alkanes of at least 4 members (excludes halogenated alkanes) is 1. The maximum atomic E-state index is 11.8. The monoisotopic (exact) mass is 301 g/mol. The molecule has 21 heavy (non-hydrogen) atoms. The minimum Gasteiger partial charge on any atom is -0.468 e. The van der Waals surface area contributed by atoms with Crippen LogP contribution < -0.4 is 5.32 Å². The number of carbonyl (C=O) groups excluding carboxylic acids is 1. The van der Waals surface area contributed by atoms with E-state index in [0.29, 0.717) is 0 Å². The van der Waals surface area contributed by atoms with Crippen LogP contribution in [-0.2, 0) is 9.53 Å². The molecule has 126 valence electrons. The molecule has 0 radical (unpaired) electrons. The second-order valence-electron chi connectivity index (χ2n) is 6.18. The van der Waals surface area contributed by atoms with Crippen LogP contribution in [0.15, 0.2) is 0 Å². The van der Waals surface area contributed by atoms with Crippen molar-refractivity contribution in [2.45, 2.75) is 45.1 Å². The minimum absolute atomic E-state index is 0.178. The highest BCUT2D eigenvalue weighted by Gasteiger charge is 2.31. The fraction of sp³-hybridized carbons (Fsp3) is 0.938. The largest absolute Gasteiger partial charge is 0.468 e. The first-order valence-electron chi connectivity index (χ1n) is 8.04. The molecule has 0 fully saturated rings. The van der Waals surface area contributed by atoms with E-state index in [1.54, 1.807) is 0 Å². The highest BCUT2D eigenvalue weighted by molar-refractivity contribution is 5.80. The first-order valence-corrected chi connectivity index (χ1v) is 8.04. The van der Waals surface area contributed by atoms with E-state index in [2.05, 4.69) is 36.1 Å². The van der Waals surface area contributed by atoms with Crippen molar-refractivity contribution in [2.24, 2.45) is 0 Å². The normalized spacial score (nSPS) is 14.5. The van der Waals surface area contributed by atoms with Gasteiger partial charge in [0.05, 0.1) is 7.11 Å². The molecule has 0 aliphatic heterocycles. The molecule has 0 heterocycles. The van der Waals surface area contributed by atoms with Crippen LogP contribution in [0.1, 0.15) is 39.5 Å². The molecule has 5 heteroatoms. The second kappa shape index (κ2) is 11.0. The first-order chi connectivity index (χ1) is 9.89. The third kappa shape index (κ3) is 8.39. The van der Waals surface area contributed by atoms with E-state index >= 15 is 0 Å². The second-order valence-corrected chi connectivity index (χ2v) is 6.18. The fourth-order valence-electron chi connectivity index (χ4n) is 2.36. The summed E-state index contributed by atoms with van der Waals surface area (Å²) in [6.45, 7) is 8.58. The molecule has 1 unspecified atom stereocenters. The van der Waals surface area contributed by atoms with E-state index in [1.165, 1.54) is 13.5 Å². The van der Waals surface area contributed by atoms with Crippen molar-refractivity contribution < 1.29 is 9.53 Å². The molecule has 1 N–H and O–H groups in total. The highest BCUT2D eigenvalue weighted by atomic mass is 16.5. The van der Waals surface area contributed by atoms with Crippen LogP contribution in [0.5, 0.6) is 0 Å². The minimum atomic E-state index is -0.562. The van der Waals surface area contributed by atoms with Crippen LogP contribution in [0, 0.1) is 0 Å². The Morgan fingerprint density at radius 3 is 2.29 bits per heavy atom. The zero-order chi connectivity index (χ0) is 16.3. The van der Waals surface area contributed by atoms with Crippen molar-refractivity contribution in [3.05, 3.63) is 0 Å². The van der Waals surface area contributed by atoms with Gasteiger partial charge in [-0.3, -0.25) is 4.79 Å². The smallest absolute Gasteiger partial charge is 0.325 e. The number of carbonyl (C=O) groups is 1. The number of methoxy groups -OCH3 is 1. The Bertz CT molecular complexity index is 285. The van der Waals surface area contributed by atoms with Crippen LogP contribution in [0.4, 0.5) is 0 Å². The Kier molecular flexibility index (Phi) is 10.6. The van der Waals surface area contributed by atoms with E-state index < -0.39 is 5.54 Å². The van der Waals surface area contributed by atoms with Crippen LogP contribution in [0.25, 0.3) is 0 Å². The van der Waals surface area contributed by atoms with Crippen LogP contribution in [-0.4, -0.2) is 75.7 Å². The summed E-state index contributed by atoms with van der Waals surface area (Å²) in [6, 6.07) is 0. The number of nitrogens with one attached hydrogen (secondary N) is 1. The summed E-state index contributed by atoms with van der Waals surface area (Å²) in [4.78, 5) is 16.5. The quantitative estimate of drug-likeness (QED) is 0.438. The lowest BCUT2D eigenvalue weighted by atomic mass is 9.95. The highest BCUT2D eigenvalue weighted by Crippen LogP contribution is 2.15. The topological polar surface area (TPSA) is 44.8 Å². The van der Waals surface area contributed by atoms with E-state index in [4.69, 9.17) is 4.74 Å². The Morgan fingerprint density at radius 2 is 1.81 bits per heavy atom. The number of esters is 1. The Morgan fingerprint density at radius 1 is 1.14 bits per heavy atom. The molecule has 0 aromatic carbocycles. The summed E-state index contributed by atoms with van der Waals surface area (Å²) >= 11 is 0. The average Bonchev–Trinajstić information content (AvgIpc) is 2.47. The van der Waals surface area contributed by atoms with Gasteiger partial charge in [0.25, 0.3) is 0 Å². The number of ether oxygens (including phenoxy) is 1. The third-order valence-electron chi connectivity index (χ3n) is 3.99. The molecule has 0 bridgehead atoms. The zero-order valence-corrected chi connectivity index (χ0v) is 14.9. The van der Waals surface area contributed by atoms with E-state index in [-0.39, 0.29) is 5.97 Å². The lowest BCUT2D eigenvalue weighted by molar-refractivity contribution is -0.148. The van der Waals surface area contributed by atoms with E-state index in [0.717, 1.165) is 45.4 Å². The number of likely N-dealkylation sites (N-methyl/N-ethyl adjacent to an activating group) is 2. The van der Waals surface area contributed by atoms with Gasteiger partial charge in [-0.1, -0.05) is 6.92 Å². The van der Waals surface area contributed by atoms with Gasteiger partial charge in [0.2, 0.25) is 0 Å². The molecule has 0 saturated carbocycles. The molecule has 0 aliphatic rings. The number of hydrogen-bond donors (Lipinski definition) is 1. The van der Waals surface area contributed by atoms with Crippen molar-refractivity contribution >= 4 is 5.97 Å². The molecular formula is C16H35N3O2. The number of hydrogen-bond acceptors (Lipinski definition) is 5. The molecule has 0 aromatic rings. The van der Waals surface area contributed by atoms with Crippen LogP contribution in [0.3, 0.4) is 0 Å². The summed E-state index contributed by atoms with van der Waals surface area (Å²) in [5.74, 6) is -0.178. The predicted molar refractivity (Wildman–Crippen MR) is 88.6 cm³/mol. The van der Waals surface area contributed by atoms with Crippen molar-refractivity contribution in [2.75, 3.05) is 54.4 Å². The van der Waals surface area contributed by atoms with Gasteiger partial charge < -0.3 is 19.9 Å². The number of nitrogens with zero attached hydrogens (tertiary/aromatic N) is 2. The number of rotatable bonds is 12. The summed E-state index contributed by atoms with van der Waals surface area (Å²) < 4.78 is 4.87. The molecule has 0 amide bonds. The average molecular weight is 301 g/mol. The Labute approximate surface area is 131 Å². The van der Waals surface area contributed by atoms with E-state index in [9.17, 15) is 4.79 Å². The van der Waals surface area contributed by atoms with Gasteiger partial charge in [0.1, 0.15) is 5.54 Å². The van der Waals surface area contributed by atoms with Crippen LogP contribution in [0.2, 0.25) is 0 Å². The Hall–Kier alpha value is -0.650. The molecule has 0 spiro atoms. The standard InChI is InChI=1S/C16H35N3O2/c1-7-11-19(14-13-18(4)5)12-9-8-10-16(2,17-3)15(20)21-6/h17H,7-14H2,1-6H3. The van der Waals surface area contributed by atoms with E-state index in [1.807, 2.05) is 14.0 Å². The molecule has 5 nitrogen and oxygen atoms in total. The van der Waals surface area contributed by atoms with Gasteiger partial charge in [0, 0.05) is 13.1 Å². The summed E-state index contributed by atoms with van der Waals surface area (Å²) in [6.07, 6.45) is 4.13. The third-order valence-corrected chi connectivity index (χ3v) is 3.99. The lowest BCUT2D eigenvalue weighted by Crippen LogP contribution is -2.48. The molecule has 0 saturated heterocycles. The lowest BCUT2D eigenvalue weighted by Gasteiger charge is -2.27. The van der Waals surface area contributed by atoms with Gasteiger partial charge in [-0.05, 0) is 66.8 Å². The van der Waals surface area contributed by atoms with Crippen LogP contribution >= 0.6 is 0 Å². The molecule has 0 rings (SSSR count). The van der Waals surface area contributed by atoms with Gasteiger partial charge in [-0.2, -0.15) is 0 Å². The van der Waals surface area contributed by atoms with Crippen molar-refractivity contribution in [3.8, 4) is 0 Å². The molecule has 0 aromatic heterocycles. The maximum absolute atomic E-state index is 11.8. The Balaban J connectivity index is 4.10. The SMILES string of the molecule is CCCN(CCCCC(C)(NC)C(=O)OC)CCN(C)C. The fourth-order valence-corrected chi connectivity index (χ4v) is 2.36. The van der Waals surface area contributed by atoms with Gasteiger partial charge in [-0.25, -0.2) is 0 Å². The first kappa shape index (κ1) is 20.3. The van der Waals surface area contributed by atoms with Gasteiger partial charge >= 0.3 is 5.97 Å². The molecular weight excluding hydrogens is 266 g/mol. The molecule has 1 atom stereocenters. The predicted octanol–water partition coefficient (Wildman–Crippen LogP) is 1.58. The van der Waals surface area contributed by atoms with Gasteiger partial charge in [-0.15, -0.1) is 0 Å². The van der Waals surface area contributed by atoms with Crippen molar-refractivity contribution in [1.29, 1.82) is 0 Å². The summed E-state index contributed by atoms with van der Waals surface area (Å²) in [5, 5.41) is 3.09. The maximum Gasteiger partial charge on any atom is 0.325 e. The summed E-state index contributed by atoms with van der Waals surface area (Å²) in [5.41, 5.74) is -0.562. The molecule has 0 aliphatic carbocycles. The summed E-state index contributed by atoms with van der Waals surface area (Å²) in [7, 11) is 7.48. The van der Waals surface area contributed by atoms with Gasteiger partial charge in [0.15, 0.2) is 0 Å².